The van der Waals surface area contributed by atoms with Crippen molar-refractivity contribution < 1.29 is 9.53 Å². The molecule has 1 aromatic rings. The van der Waals surface area contributed by atoms with Crippen molar-refractivity contribution in [1.82, 2.24) is 0 Å². The molecule has 1 aromatic carbocycles. The van der Waals surface area contributed by atoms with E-state index in [2.05, 4.69) is 19.9 Å². The molecule has 0 aromatic heterocycles. The van der Waals surface area contributed by atoms with E-state index in [-0.39, 0.29) is 5.78 Å². The van der Waals surface area contributed by atoms with Crippen molar-refractivity contribution in [2.75, 3.05) is 7.11 Å². The molecule has 0 amide bonds. The lowest BCUT2D eigenvalue weighted by atomic mass is 9.89. The average Bonchev–Trinajstić information content (AvgIpc) is 2.54. The van der Waals surface area contributed by atoms with E-state index in [1.807, 2.05) is 13.0 Å². The number of fused-ring (bicyclic) bond motifs is 1. The van der Waals surface area contributed by atoms with Gasteiger partial charge in [-0.1, -0.05) is 19.9 Å². The maximum Gasteiger partial charge on any atom is 0.163 e. The van der Waals surface area contributed by atoms with Crippen molar-refractivity contribution in [1.29, 1.82) is 0 Å². The minimum absolute atomic E-state index is 0.256. The first-order valence-electron chi connectivity index (χ1n) is 5.76. The van der Waals surface area contributed by atoms with E-state index in [0.717, 1.165) is 16.9 Å². The van der Waals surface area contributed by atoms with Crippen molar-refractivity contribution in [2.45, 2.75) is 33.1 Å². The summed E-state index contributed by atoms with van der Waals surface area (Å²) in [7, 11) is 1.65. The zero-order valence-electron chi connectivity index (χ0n) is 10.3. The Morgan fingerprint density at radius 2 is 2.06 bits per heavy atom. The molecule has 2 nitrogen and oxygen atoms in total. The number of methoxy groups -OCH3 is 1. The molecule has 0 saturated carbocycles. The number of carbonyl (C=O) groups excluding carboxylic acids is 1. The third-order valence-electron chi connectivity index (χ3n) is 3.48. The zero-order valence-corrected chi connectivity index (χ0v) is 10.3. The number of hydrogen-bond acceptors (Lipinski definition) is 2. The second kappa shape index (κ2) is 3.93. The Morgan fingerprint density at radius 1 is 1.38 bits per heavy atom. The van der Waals surface area contributed by atoms with Crippen LogP contribution in [0.4, 0.5) is 0 Å². The Bertz CT molecular complexity index is 433. The molecular weight excluding hydrogens is 200 g/mol. The van der Waals surface area contributed by atoms with Gasteiger partial charge in [-0.25, -0.2) is 0 Å². The van der Waals surface area contributed by atoms with Crippen LogP contribution in [0.2, 0.25) is 0 Å². The summed E-state index contributed by atoms with van der Waals surface area (Å²) in [6.07, 6.45) is 0.652. The van der Waals surface area contributed by atoms with Gasteiger partial charge in [0.2, 0.25) is 0 Å². The second-order valence-electron chi connectivity index (χ2n) is 4.89. The topological polar surface area (TPSA) is 26.3 Å². The summed E-state index contributed by atoms with van der Waals surface area (Å²) in [5, 5.41) is 0. The Balaban J connectivity index is 2.54. The molecule has 86 valence electrons. The lowest BCUT2D eigenvalue weighted by Gasteiger charge is -2.16. The lowest BCUT2D eigenvalue weighted by molar-refractivity contribution is 0.0984. The van der Waals surface area contributed by atoms with E-state index in [1.54, 1.807) is 7.11 Å². The van der Waals surface area contributed by atoms with Crippen molar-refractivity contribution >= 4 is 5.78 Å². The van der Waals surface area contributed by atoms with Crippen LogP contribution in [0.1, 0.15) is 47.7 Å². The fourth-order valence-electron chi connectivity index (χ4n) is 2.49. The average molecular weight is 218 g/mol. The molecule has 0 saturated heterocycles. The highest BCUT2D eigenvalue weighted by atomic mass is 16.5. The van der Waals surface area contributed by atoms with E-state index < -0.39 is 0 Å². The summed E-state index contributed by atoms with van der Waals surface area (Å²) < 4.78 is 5.26. The number of rotatable bonds is 2. The van der Waals surface area contributed by atoms with Gasteiger partial charge in [-0.2, -0.15) is 0 Å². The quantitative estimate of drug-likeness (QED) is 0.761. The maximum atomic E-state index is 11.9. The van der Waals surface area contributed by atoms with Gasteiger partial charge in [-0.3, -0.25) is 4.79 Å². The first-order valence-corrected chi connectivity index (χ1v) is 5.76. The molecule has 0 fully saturated rings. The Hall–Kier alpha value is -1.31. The minimum atomic E-state index is 0.256. The Kier molecular flexibility index (Phi) is 2.75. The van der Waals surface area contributed by atoms with Gasteiger partial charge in [-0.05, 0) is 36.0 Å². The van der Waals surface area contributed by atoms with Gasteiger partial charge in [-0.15, -0.1) is 0 Å². The van der Waals surface area contributed by atoms with Crippen LogP contribution in [-0.2, 0) is 0 Å². The lowest BCUT2D eigenvalue weighted by Crippen LogP contribution is -2.03. The fourth-order valence-corrected chi connectivity index (χ4v) is 2.49. The third-order valence-corrected chi connectivity index (χ3v) is 3.48. The summed E-state index contributed by atoms with van der Waals surface area (Å²) in [4.78, 5) is 11.9. The van der Waals surface area contributed by atoms with E-state index in [4.69, 9.17) is 4.74 Å². The Labute approximate surface area is 96.6 Å². The van der Waals surface area contributed by atoms with Crippen LogP contribution >= 0.6 is 0 Å². The molecule has 0 N–H and O–H groups in total. The molecule has 1 atom stereocenters. The highest BCUT2D eigenvalue weighted by Crippen LogP contribution is 2.40. The van der Waals surface area contributed by atoms with Crippen molar-refractivity contribution in [2.24, 2.45) is 5.92 Å². The summed E-state index contributed by atoms with van der Waals surface area (Å²) in [5.41, 5.74) is 3.18. The Morgan fingerprint density at radius 3 is 2.62 bits per heavy atom. The minimum Gasteiger partial charge on any atom is -0.496 e. The molecule has 2 rings (SSSR count). The normalized spacial score (nSPS) is 19.1. The molecule has 1 aliphatic rings. The summed E-state index contributed by atoms with van der Waals surface area (Å²) in [6, 6.07) is 4.01. The van der Waals surface area contributed by atoms with Crippen molar-refractivity contribution in [3.8, 4) is 5.75 Å². The van der Waals surface area contributed by atoms with Gasteiger partial charge in [0.1, 0.15) is 5.75 Å². The smallest absolute Gasteiger partial charge is 0.163 e. The largest absolute Gasteiger partial charge is 0.496 e. The van der Waals surface area contributed by atoms with E-state index in [0.29, 0.717) is 18.3 Å². The number of Topliss-reactive ketones (excluding diaryl/α,β-unsaturated/α-hetero) is 1. The van der Waals surface area contributed by atoms with E-state index in [9.17, 15) is 4.79 Å². The second-order valence-corrected chi connectivity index (χ2v) is 4.89. The van der Waals surface area contributed by atoms with Crippen molar-refractivity contribution in [3.05, 3.63) is 28.8 Å². The number of carbonyl (C=O) groups is 1. The van der Waals surface area contributed by atoms with Crippen molar-refractivity contribution in [3.63, 3.8) is 0 Å². The van der Waals surface area contributed by atoms with Gasteiger partial charge < -0.3 is 4.74 Å². The predicted molar refractivity (Wildman–Crippen MR) is 64.3 cm³/mol. The van der Waals surface area contributed by atoms with Crippen LogP contribution in [0, 0.1) is 12.8 Å². The highest BCUT2D eigenvalue weighted by Gasteiger charge is 2.32. The maximum absolute atomic E-state index is 11.9. The molecule has 0 spiro atoms. The van der Waals surface area contributed by atoms with Gasteiger partial charge in [0.05, 0.1) is 7.11 Å². The van der Waals surface area contributed by atoms with Gasteiger partial charge in [0.15, 0.2) is 5.78 Å². The van der Waals surface area contributed by atoms with Crippen LogP contribution in [-0.4, -0.2) is 12.9 Å². The molecule has 1 aliphatic carbocycles. The number of hydrogen-bond donors (Lipinski definition) is 0. The van der Waals surface area contributed by atoms with Crippen LogP contribution < -0.4 is 4.74 Å². The van der Waals surface area contributed by atoms with Crippen LogP contribution in [0.25, 0.3) is 0 Å². The zero-order chi connectivity index (χ0) is 11.9. The number of ether oxygens (including phenoxy) is 1. The predicted octanol–water partition coefficient (Wildman–Crippen LogP) is 3.33. The molecule has 0 radical (unpaired) electrons. The van der Waals surface area contributed by atoms with Gasteiger partial charge in [0.25, 0.3) is 0 Å². The molecule has 2 heteroatoms. The number of ketones is 1. The first kappa shape index (κ1) is 11.2. The number of benzene rings is 1. The van der Waals surface area contributed by atoms with Crippen LogP contribution in [0.5, 0.6) is 5.75 Å². The molecular formula is C14H18O2. The fraction of sp³-hybridized carbons (Fsp3) is 0.500. The third kappa shape index (κ3) is 1.62. The molecule has 16 heavy (non-hydrogen) atoms. The first-order chi connectivity index (χ1) is 7.54. The molecule has 0 heterocycles. The van der Waals surface area contributed by atoms with Gasteiger partial charge >= 0.3 is 0 Å². The van der Waals surface area contributed by atoms with E-state index in [1.165, 1.54) is 5.56 Å². The van der Waals surface area contributed by atoms with E-state index >= 15 is 0 Å². The molecule has 0 aliphatic heterocycles. The van der Waals surface area contributed by atoms with Crippen LogP contribution in [0.3, 0.4) is 0 Å². The number of aryl methyl sites for hydroxylation is 1. The SMILES string of the molecule is COc1cc2c(cc1C)[C@@H](C(C)C)CC2=O. The summed E-state index contributed by atoms with van der Waals surface area (Å²) in [5.74, 6) is 1.97. The molecule has 0 unspecified atom stereocenters. The summed E-state index contributed by atoms with van der Waals surface area (Å²) in [6.45, 7) is 6.37. The summed E-state index contributed by atoms with van der Waals surface area (Å²) >= 11 is 0. The highest BCUT2D eigenvalue weighted by molar-refractivity contribution is 6.01. The van der Waals surface area contributed by atoms with Gasteiger partial charge in [0, 0.05) is 12.0 Å². The molecule has 0 bridgehead atoms. The van der Waals surface area contributed by atoms with Crippen LogP contribution in [0.15, 0.2) is 12.1 Å². The standard InChI is InChI=1S/C14H18O2/c1-8(2)10-6-13(15)12-7-14(16-4)9(3)5-11(10)12/h5,7-8,10H,6H2,1-4H3/t10-/m1/s1. The monoisotopic (exact) mass is 218 g/mol.